The molecule has 228 valence electrons. The Morgan fingerprint density at radius 1 is 0.900 bits per heavy atom. The first-order valence-corrected chi connectivity index (χ1v) is 19.7. The second-order valence-corrected chi connectivity index (χ2v) is 21.5. The second-order valence-electron chi connectivity index (χ2n) is 16.8. The molecular formula is C35H60O4Si. The summed E-state index contributed by atoms with van der Waals surface area (Å²) in [5.41, 5.74) is 1.70. The summed E-state index contributed by atoms with van der Waals surface area (Å²) in [6, 6.07) is 3.47. The number of fused-ring (bicyclic) bond motifs is 4. The zero-order valence-corrected chi connectivity index (χ0v) is 28.5. The van der Waals surface area contributed by atoms with Gasteiger partial charge in [-0.3, -0.25) is 0 Å². The van der Waals surface area contributed by atoms with Gasteiger partial charge in [0.05, 0.1) is 19.3 Å². The smallest absolute Gasteiger partial charge is 0.334 e. The quantitative estimate of drug-likeness (QED) is 0.236. The topological polar surface area (TPSA) is 44.8 Å². The highest BCUT2D eigenvalue weighted by Crippen LogP contribution is 2.89. The number of hydrogen-bond acceptors (Lipinski definition) is 4. The van der Waals surface area contributed by atoms with Gasteiger partial charge in [0.25, 0.3) is 0 Å². The van der Waals surface area contributed by atoms with E-state index in [2.05, 4.69) is 62.3 Å². The third kappa shape index (κ3) is 3.41. The van der Waals surface area contributed by atoms with Gasteiger partial charge in [0.15, 0.2) is 14.4 Å². The van der Waals surface area contributed by atoms with Gasteiger partial charge in [-0.05, 0) is 121 Å². The summed E-state index contributed by atoms with van der Waals surface area (Å²) in [6.07, 6.45) is 10.1. The molecular weight excluding hydrogens is 512 g/mol. The van der Waals surface area contributed by atoms with E-state index in [4.69, 9.17) is 13.9 Å². The summed E-state index contributed by atoms with van der Waals surface area (Å²) in [6.45, 7) is 22.5. The molecule has 0 aromatic carbocycles. The van der Waals surface area contributed by atoms with Crippen LogP contribution in [0, 0.1) is 56.7 Å². The summed E-state index contributed by atoms with van der Waals surface area (Å²) in [4.78, 5) is 12.9. The molecule has 0 radical (unpaired) electrons. The first-order chi connectivity index (χ1) is 18.8. The van der Waals surface area contributed by atoms with Crippen LogP contribution in [0.3, 0.4) is 0 Å². The Bertz CT molecular complexity index is 1010. The molecule has 6 fully saturated rings. The minimum Gasteiger partial charge on any atom is -0.467 e. The second kappa shape index (κ2) is 9.30. The van der Waals surface area contributed by atoms with E-state index < -0.39 is 14.4 Å². The average molecular weight is 573 g/mol. The van der Waals surface area contributed by atoms with Crippen molar-refractivity contribution in [1.82, 2.24) is 0 Å². The molecule has 0 bridgehead atoms. The molecule has 12 atom stereocenters. The summed E-state index contributed by atoms with van der Waals surface area (Å²) in [5.74, 6) is 3.05. The van der Waals surface area contributed by atoms with Crippen molar-refractivity contribution < 1.29 is 18.7 Å². The Labute approximate surface area is 246 Å². The molecule has 6 aliphatic rings. The Kier molecular flexibility index (Phi) is 6.90. The number of esters is 1. The highest BCUT2D eigenvalue weighted by atomic mass is 28.4. The van der Waals surface area contributed by atoms with Gasteiger partial charge in [-0.1, -0.05) is 62.3 Å². The van der Waals surface area contributed by atoms with E-state index in [1.54, 1.807) is 0 Å². The van der Waals surface area contributed by atoms with Gasteiger partial charge < -0.3 is 13.9 Å². The Morgan fingerprint density at radius 2 is 1.52 bits per heavy atom. The summed E-state index contributed by atoms with van der Waals surface area (Å²) < 4.78 is 19.9. The Morgan fingerprint density at radius 3 is 2.15 bits per heavy atom. The third-order valence-corrected chi connectivity index (χ3v) is 20.7. The van der Waals surface area contributed by atoms with Crippen LogP contribution in [0.25, 0.3) is 0 Å². The molecule has 0 aromatic rings. The van der Waals surface area contributed by atoms with Gasteiger partial charge in [-0.15, -0.1) is 0 Å². The molecule has 2 unspecified atom stereocenters. The van der Waals surface area contributed by atoms with Crippen LogP contribution in [0.2, 0.25) is 18.1 Å². The monoisotopic (exact) mass is 572 g/mol. The van der Waals surface area contributed by atoms with Crippen molar-refractivity contribution in [2.24, 2.45) is 56.7 Å². The van der Waals surface area contributed by atoms with Crippen LogP contribution < -0.4 is 0 Å². The first-order valence-electron chi connectivity index (χ1n) is 17.2. The predicted molar refractivity (Wildman–Crippen MR) is 163 cm³/mol. The number of carbonyl (C=O) groups is 1. The summed E-state index contributed by atoms with van der Waals surface area (Å²) >= 11 is 0. The van der Waals surface area contributed by atoms with Crippen LogP contribution >= 0.6 is 0 Å². The van der Waals surface area contributed by atoms with Crippen molar-refractivity contribution in [3.8, 4) is 0 Å². The van der Waals surface area contributed by atoms with Gasteiger partial charge in [0, 0.05) is 5.41 Å². The number of carbonyl (C=O) groups excluding carboxylic acids is 1. The maximum absolute atomic E-state index is 12.9. The van der Waals surface area contributed by atoms with Gasteiger partial charge in [-0.2, -0.15) is 0 Å². The molecule has 40 heavy (non-hydrogen) atoms. The van der Waals surface area contributed by atoms with Crippen molar-refractivity contribution in [3.05, 3.63) is 0 Å². The molecule has 1 aliphatic heterocycles. The minimum atomic E-state index is -1.93. The molecule has 0 N–H and O–H groups in total. The zero-order chi connectivity index (χ0) is 29.1. The van der Waals surface area contributed by atoms with Gasteiger partial charge in [-0.25, -0.2) is 4.79 Å². The number of methoxy groups -OCH3 is 1. The number of rotatable bonds is 6. The molecule has 0 amide bonds. The predicted octanol–water partition coefficient (Wildman–Crippen LogP) is 8.64. The standard InChI is InChI=1S/C35H60O4Si/c1-11-40(12-2,13-3)39-29-28-27(22(4)20-24(38-28)30(36)37-10)32(8)18-19-35-21-34(35)17-16-23(5)31(6,7)25(34)14-15-26(35)33(29,32)9/h22-29H,11-21H2,1-10H3/t22-,23+,24-,25+,26+,27?,28+,29+,32-,33-,34?,35+/m1/s1. The normalized spacial score (nSPS) is 52.5. The van der Waals surface area contributed by atoms with Crippen molar-refractivity contribution >= 4 is 14.3 Å². The number of ether oxygens (including phenoxy) is 2. The third-order valence-electron chi connectivity index (χ3n) is 16.1. The molecule has 5 aliphatic carbocycles. The Balaban J connectivity index is 1.46. The van der Waals surface area contributed by atoms with Crippen LogP contribution in [0.5, 0.6) is 0 Å². The van der Waals surface area contributed by atoms with E-state index in [1.165, 1.54) is 52.1 Å². The fraction of sp³-hybridized carbons (Fsp3) is 0.971. The molecule has 6 rings (SSSR count). The molecule has 5 heteroatoms. The summed E-state index contributed by atoms with van der Waals surface area (Å²) in [7, 11) is -0.415. The van der Waals surface area contributed by atoms with Crippen LogP contribution in [0.15, 0.2) is 0 Å². The van der Waals surface area contributed by atoms with E-state index in [0.717, 1.165) is 36.4 Å². The molecule has 1 saturated heterocycles. The van der Waals surface area contributed by atoms with Gasteiger partial charge >= 0.3 is 5.97 Å². The molecule has 2 spiro atoms. The van der Waals surface area contributed by atoms with E-state index in [0.29, 0.717) is 34.0 Å². The fourth-order valence-electron chi connectivity index (χ4n) is 13.2. The van der Waals surface area contributed by atoms with Crippen LogP contribution in [0.4, 0.5) is 0 Å². The van der Waals surface area contributed by atoms with Crippen molar-refractivity contribution in [1.29, 1.82) is 0 Å². The van der Waals surface area contributed by atoms with E-state index in [-0.39, 0.29) is 29.0 Å². The molecule has 1 heterocycles. The molecule has 4 nitrogen and oxygen atoms in total. The van der Waals surface area contributed by atoms with Crippen LogP contribution in [-0.2, 0) is 18.7 Å². The van der Waals surface area contributed by atoms with Crippen molar-refractivity contribution in [2.45, 2.75) is 150 Å². The SMILES string of the molecule is CC[Si](CC)(CC)O[C@H]1[C@H]2O[C@@H](C(=O)OC)C[C@@H](C)C2[C@@]2(C)CC[C@@]34CC35CC[C@H](C)C(C)(C)[C@@H]5CC[C@H]4[C@]12C. The van der Waals surface area contributed by atoms with Crippen LogP contribution in [0.1, 0.15) is 114 Å². The number of hydrogen-bond donors (Lipinski definition) is 0. The highest BCUT2D eigenvalue weighted by molar-refractivity contribution is 6.73. The highest BCUT2D eigenvalue weighted by Gasteiger charge is 2.84. The minimum absolute atomic E-state index is 0.00947. The van der Waals surface area contributed by atoms with Crippen molar-refractivity contribution in [3.63, 3.8) is 0 Å². The first kappa shape index (κ1) is 29.7. The lowest BCUT2D eigenvalue weighted by atomic mass is 9.41. The van der Waals surface area contributed by atoms with E-state index in [9.17, 15) is 4.79 Å². The maximum Gasteiger partial charge on any atom is 0.334 e. The van der Waals surface area contributed by atoms with E-state index >= 15 is 0 Å². The van der Waals surface area contributed by atoms with Crippen LogP contribution in [-0.4, -0.2) is 39.7 Å². The maximum atomic E-state index is 12.9. The summed E-state index contributed by atoms with van der Waals surface area (Å²) in [5, 5.41) is 0. The zero-order valence-electron chi connectivity index (χ0n) is 27.5. The van der Waals surface area contributed by atoms with Gasteiger partial charge in [0.2, 0.25) is 0 Å². The van der Waals surface area contributed by atoms with Gasteiger partial charge in [0.1, 0.15) is 0 Å². The lowest BCUT2D eigenvalue weighted by Crippen LogP contribution is -2.60. The van der Waals surface area contributed by atoms with Crippen molar-refractivity contribution in [2.75, 3.05) is 7.11 Å². The molecule has 0 aromatic heterocycles. The van der Waals surface area contributed by atoms with E-state index in [1.807, 2.05) is 0 Å². The fourth-order valence-corrected chi connectivity index (χ4v) is 16.1. The largest absolute Gasteiger partial charge is 0.467 e. The lowest BCUT2D eigenvalue weighted by Gasteiger charge is -2.64. The average Bonchev–Trinajstić information content (AvgIpc) is 3.56. The Hall–Kier alpha value is -0.393. The lowest BCUT2D eigenvalue weighted by molar-refractivity contribution is -0.180. The molecule has 5 saturated carbocycles.